The molecule has 1 aromatic heterocycles. The predicted molar refractivity (Wildman–Crippen MR) is 90.9 cm³/mol. The smallest absolute Gasteiger partial charge is 0.416 e. The summed E-state index contributed by atoms with van der Waals surface area (Å²) in [5.74, 6) is -0.733. The molecule has 0 spiro atoms. The van der Waals surface area contributed by atoms with E-state index in [0.29, 0.717) is 11.1 Å². The Morgan fingerprint density at radius 2 is 1.86 bits per heavy atom. The summed E-state index contributed by atoms with van der Waals surface area (Å²) >= 11 is 0. The van der Waals surface area contributed by atoms with E-state index in [0.717, 1.165) is 17.7 Å². The monoisotopic (exact) mass is 386 g/mol. The highest BCUT2D eigenvalue weighted by molar-refractivity contribution is 5.89. The summed E-state index contributed by atoms with van der Waals surface area (Å²) in [4.78, 5) is 12.1. The molecule has 2 aromatic carbocycles. The molecule has 3 aromatic rings. The van der Waals surface area contributed by atoms with E-state index in [1.165, 1.54) is 12.1 Å². The fraction of sp³-hybridized carbons (Fsp3) is 0.158. The molecule has 28 heavy (non-hydrogen) atoms. The van der Waals surface area contributed by atoms with E-state index < -0.39 is 17.6 Å². The van der Waals surface area contributed by atoms with Crippen molar-refractivity contribution in [2.24, 2.45) is 0 Å². The van der Waals surface area contributed by atoms with Crippen LogP contribution in [0.2, 0.25) is 0 Å². The molecule has 0 unspecified atom stereocenters. The zero-order valence-corrected chi connectivity index (χ0v) is 14.3. The van der Waals surface area contributed by atoms with Gasteiger partial charge in [-0.15, -0.1) is 10.2 Å². The van der Waals surface area contributed by atoms with Crippen LogP contribution in [-0.4, -0.2) is 16.1 Å². The van der Waals surface area contributed by atoms with Gasteiger partial charge in [0.1, 0.15) is 0 Å². The van der Waals surface area contributed by atoms with Crippen molar-refractivity contribution in [1.29, 1.82) is 5.26 Å². The summed E-state index contributed by atoms with van der Waals surface area (Å²) in [6.07, 6.45) is -4.30. The third kappa shape index (κ3) is 4.73. The van der Waals surface area contributed by atoms with Gasteiger partial charge in [-0.25, -0.2) is 0 Å². The molecule has 0 aliphatic heterocycles. The molecule has 0 bridgehead atoms. The van der Waals surface area contributed by atoms with Gasteiger partial charge >= 0.3 is 18.0 Å². The number of nitrogens with one attached hydrogen (secondary N) is 1. The largest absolute Gasteiger partial charge is 0.417 e. The topological polar surface area (TPSA) is 91.8 Å². The summed E-state index contributed by atoms with van der Waals surface area (Å²) in [7, 11) is 0. The van der Waals surface area contributed by atoms with Crippen molar-refractivity contribution in [2.75, 3.05) is 0 Å². The molecule has 0 saturated carbocycles. The quantitative estimate of drug-likeness (QED) is 0.725. The van der Waals surface area contributed by atoms with Gasteiger partial charge in [0, 0.05) is 6.54 Å². The van der Waals surface area contributed by atoms with Gasteiger partial charge in [-0.2, -0.15) is 18.4 Å². The lowest BCUT2D eigenvalue weighted by molar-refractivity contribution is -0.137. The number of hydrogen-bond donors (Lipinski definition) is 1. The van der Waals surface area contributed by atoms with E-state index in [4.69, 9.17) is 9.68 Å². The Morgan fingerprint density at radius 3 is 2.54 bits per heavy atom. The molecule has 0 aliphatic rings. The molecule has 0 aliphatic carbocycles. The van der Waals surface area contributed by atoms with E-state index in [2.05, 4.69) is 15.5 Å². The van der Waals surface area contributed by atoms with Crippen LogP contribution >= 0.6 is 0 Å². The average molecular weight is 386 g/mol. The maximum Gasteiger partial charge on any atom is 0.416 e. The first kappa shape index (κ1) is 19.1. The fourth-order valence-corrected chi connectivity index (χ4v) is 2.41. The Morgan fingerprint density at radius 1 is 1.11 bits per heavy atom. The third-order valence-corrected chi connectivity index (χ3v) is 3.81. The van der Waals surface area contributed by atoms with Crippen LogP contribution in [0.4, 0.5) is 13.2 Å². The van der Waals surface area contributed by atoms with Crippen LogP contribution in [0.1, 0.15) is 38.8 Å². The van der Waals surface area contributed by atoms with Gasteiger partial charge in [0.15, 0.2) is 0 Å². The molecule has 1 amide bonds. The molecule has 0 radical (unpaired) electrons. The number of amides is 1. The average Bonchev–Trinajstić information content (AvgIpc) is 3.14. The van der Waals surface area contributed by atoms with Crippen LogP contribution in [0.3, 0.4) is 0 Å². The minimum atomic E-state index is -4.40. The second-order valence-corrected chi connectivity index (χ2v) is 5.87. The van der Waals surface area contributed by atoms with E-state index in [9.17, 15) is 18.0 Å². The summed E-state index contributed by atoms with van der Waals surface area (Å²) in [6, 6.07) is 13.3. The maximum absolute atomic E-state index is 12.6. The fourth-order valence-electron chi connectivity index (χ4n) is 2.41. The number of hydrogen-bond acceptors (Lipinski definition) is 5. The summed E-state index contributed by atoms with van der Waals surface area (Å²) in [5, 5.41) is 18.9. The van der Waals surface area contributed by atoms with Gasteiger partial charge in [0.25, 0.3) is 0 Å². The van der Waals surface area contributed by atoms with E-state index in [1.807, 2.05) is 6.07 Å². The normalized spacial score (nSPS) is 11.1. The van der Waals surface area contributed by atoms with Gasteiger partial charge in [-0.1, -0.05) is 24.3 Å². The highest BCUT2D eigenvalue weighted by Gasteiger charge is 2.30. The predicted octanol–water partition coefficient (Wildman–Crippen LogP) is 3.48. The van der Waals surface area contributed by atoms with Gasteiger partial charge in [-0.3, -0.25) is 4.79 Å². The number of aromatic nitrogens is 2. The van der Waals surface area contributed by atoms with Crippen LogP contribution in [0.25, 0.3) is 0 Å². The molecular weight excluding hydrogens is 373 g/mol. The molecule has 6 nitrogen and oxygen atoms in total. The van der Waals surface area contributed by atoms with Crippen molar-refractivity contribution >= 4 is 5.91 Å². The lowest BCUT2D eigenvalue weighted by Gasteiger charge is -2.06. The van der Waals surface area contributed by atoms with Crippen molar-refractivity contribution in [3.05, 3.63) is 82.6 Å². The van der Waals surface area contributed by atoms with Crippen molar-refractivity contribution in [3.8, 4) is 6.07 Å². The lowest BCUT2D eigenvalue weighted by Crippen LogP contribution is -2.23. The van der Waals surface area contributed by atoms with Gasteiger partial charge in [-0.05, 0) is 35.4 Å². The van der Waals surface area contributed by atoms with Crippen molar-refractivity contribution < 1.29 is 22.4 Å². The number of halogens is 3. The second-order valence-electron chi connectivity index (χ2n) is 5.87. The van der Waals surface area contributed by atoms with Crippen LogP contribution in [0.15, 0.2) is 52.9 Å². The summed E-state index contributed by atoms with van der Waals surface area (Å²) < 4.78 is 43.0. The third-order valence-electron chi connectivity index (χ3n) is 3.81. The van der Waals surface area contributed by atoms with Gasteiger partial charge in [0.2, 0.25) is 5.89 Å². The molecular formula is C19H13F3N4O2. The van der Waals surface area contributed by atoms with Crippen LogP contribution in [-0.2, 0) is 19.1 Å². The SMILES string of the molecule is N#Cc1cccc(CNC(=O)c2nnc(Cc3ccc(C(F)(F)F)cc3)o2)c1. The zero-order valence-electron chi connectivity index (χ0n) is 14.3. The van der Waals surface area contributed by atoms with E-state index in [1.54, 1.807) is 24.3 Å². The standard InChI is InChI=1S/C19H13F3N4O2/c20-19(21,22)15-6-4-12(5-7-15)9-16-25-26-18(28-16)17(27)24-11-14-3-1-2-13(8-14)10-23/h1-8H,9,11H2,(H,24,27). The minimum absolute atomic E-state index is 0.0998. The number of carbonyl (C=O) groups excluding carboxylic acids is 1. The van der Waals surface area contributed by atoms with Gasteiger partial charge in [0.05, 0.1) is 23.6 Å². The van der Waals surface area contributed by atoms with Crippen LogP contribution < -0.4 is 5.32 Å². The van der Waals surface area contributed by atoms with Crippen LogP contribution in [0, 0.1) is 11.3 Å². The van der Waals surface area contributed by atoms with E-state index in [-0.39, 0.29) is 24.7 Å². The molecule has 3 rings (SSSR count). The Labute approximate surface area is 157 Å². The number of rotatable bonds is 5. The Kier molecular flexibility index (Phi) is 5.40. The highest BCUT2D eigenvalue weighted by Crippen LogP contribution is 2.29. The van der Waals surface area contributed by atoms with Crippen molar-refractivity contribution in [3.63, 3.8) is 0 Å². The number of nitriles is 1. The summed E-state index contributed by atoms with van der Waals surface area (Å²) in [6.45, 7) is 0.172. The van der Waals surface area contributed by atoms with Crippen molar-refractivity contribution in [1.82, 2.24) is 15.5 Å². The Balaban J connectivity index is 1.60. The maximum atomic E-state index is 12.6. The zero-order chi connectivity index (χ0) is 20.1. The molecule has 0 atom stereocenters. The highest BCUT2D eigenvalue weighted by atomic mass is 19.4. The molecule has 1 N–H and O–H groups in total. The second kappa shape index (κ2) is 7.92. The molecule has 9 heteroatoms. The lowest BCUT2D eigenvalue weighted by atomic mass is 10.1. The molecule has 142 valence electrons. The van der Waals surface area contributed by atoms with E-state index >= 15 is 0 Å². The minimum Gasteiger partial charge on any atom is -0.417 e. The first-order valence-corrected chi connectivity index (χ1v) is 8.11. The first-order chi connectivity index (χ1) is 13.3. The van der Waals surface area contributed by atoms with Crippen molar-refractivity contribution in [2.45, 2.75) is 19.1 Å². The number of benzene rings is 2. The number of alkyl halides is 3. The number of carbonyl (C=O) groups is 1. The molecule has 0 saturated heterocycles. The first-order valence-electron chi connectivity index (χ1n) is 8.11. The van der Waals surface area contributed by atoms with Crippen LogP contribution in [0.5, 0.6) is 0 Å². The van der Waals surface area contributed by atoms with Gasteiger partial charge < -0.3 is 9.73 Å². The Bertz CT molecular complexity index is 1020. The summed E-state index contributed by atoms with van der Waals surface area (Å²) in [5.41, 5.74) is 1.000. The Hall–Kier alpha value is -3.67. The molecule has 1 heterocycles. The number of nitrogens with zero attached hydrogens (tertiary/aromatic N) is 3. The molecule has 0 fully saturated rings.